The van der Waals surface area contributed by atoms with Gasteiger partial charge in [0.25, 0.3) is 26.0 Å². The second-order valence-electron chi connectivity index (χ2n) is 8.35. The minimum Gasteiger partial charge on any atom is -0.322 e. The minimum atomic E-state index is -3.95. The van der Waals surface area contributed by atoms with E-state index in [0.717, 1.165) is 5.56 Å². The summed E-state index contributed by atoms with van der Waals surface area (Å²) in [5, 5.41) is 2.67. The van der Waals surface area contributed by atoms with Crippen LogP contribution in [0.1, 0.15) is 21.5 Å². The van der Waals surface area contributed by atoms with Crippen LogP contribution < -0.4 is 14.8 Å². The number of hydrogen-bond acceptors (Lipinski definition) is 5. The third-order valence-electron chi connectivity index (χ3n) is 5.58. The van der Waals surface area contributed by atoms with E-state index in [0.29, 0.717) is 22.6 Å². The van der Waals surface area contributed by atoms with Gasteiger partial charge in [0.2, 0.25) is 0 Å². The molecule has 0 unspecified atom stereocenters. The highest BCUT2D eigenvalue weighted by Crippen LogP contribution is 2.24. The summed E-state index contributed by atoms with van der Waals surface area (Å²) in [6, 6.07) is 25.6. The molecule has 0 atom stereocenters. The number of aryl methyl sites for hydroxylation is 2. The van der Waals surface area contributed by atoms with Crippen molar-refractivity contribution < 1.29 is 21.6 Å². The summed E-state index contributed by atoms with van der Waals surface area (Å²) >= 11 is 0. The van der Waals surface area contributed by atoms with Gasteiger partial charge < -0.3 is 5.32 Å². The average Bonchev–Trinajstić information content (AvgIpc) is 2.86. The van der Waals surface area contributed by atoms with Crippen LogP contribution in [-0.4, -0.2) is 22.7 Å². The molecule has 8 nitrogen and oxygen atoms in total. The number of carbonyl (C=O) groups is 1. The summed E-state index contributed by atoms with van der Waals surface area (Å²) in [5.74, 6) is -0.537. The summed E-state index contributed by atoms with van der Waals surface area (Å²) in [5.41, 5.74) is 2.63. The van der Waals surface area contributed by atoms with Crippen LogP contribution in [-0.2, 0) is 20.0 Å². The van der Waals surface area contributed by atoms with Crippen LogP contribution in [0.5, 0.6) is 0 Å². The molecule has 190 valence electrons. The number of hydrogen-bond donors (Lipinski definition) is 3. The minimum absolute atomic E-state index is 0.0168. The lowest BCUT2D eigenvalue weighted by Gasteiger charge is -2.14. The standard InChI is InChI=1S/C27H25N3O5S2/c1-19-8-6-7-11-25(19)30-37(34,35)26-18-21(13-12-20(26)2)27(31)28-22-14-16-24(17-15-22)36(32,33)29-23-9-4-3-5-10-23/h3-18,29-30H,1-2H3,(H,28,31). The molecule has 0 saturated heterocycles. The molecule has 4 aromatic rings. The first-order valence-corrected chi connectivity index (χ1v) is 14.2. The lowest BCUT2D eigenvalue weighted by molar-refractivity contribution is 0.102. The van der Waals surface area contributed by atoms with E-state index in [-0.39, 0.29) is 15.4 Å². The third-order valence-corrected chi connectivity index (χ3v) is 8.48. The first kappa shape index (κ1) is 25.9. The normalized spacial score (nSPS) is 11.5. The van der Waals surface area contributed by atoms with E-state index in [1.807, 2.05) is 6.07 Å². The molecular weight excluding hydrogens is 510 g/mol. The van der Waals surface area contributed by atoms with Gasteiger partial charge in [0.15, 0.2) is 0 Å². The lowest BCUT2D eigenvalue weighted by atomic mass is 10.1. The van der Waals surface area contributed by atoms with Crippen LogP contribution in [0.15, 0.2) is 107 Å². The predicted octanol–water partition coefficient (Wildman–Crippen LogP) is 5.16. The largest absolute Gasteiger partial charge is 0.322 e. The second-order valence-corrected chi connectivity index (χ2v) is 11.7. The summed E-state index contributed by atoms with van der Waals surface area (Å²) in [6.07, 6.45) is 0. The van der Waals surface area contributed by atoms with Gasteiger partial charge in [-0.3, -0.25) is 14.2 Å². The molecule has 4 aromatic carbocycles. The Balaban J connectivity index is 1.51. The molecule has 0 aliphatic rings. The van der Waals surface area contributed by atoms with Crippen molar-refractivity contribution >= 4 is 43.0 Å². The number of anilines is 3. The quantitative estimate of drug-likeness (QED) is 0.288. The van der Waals surface area contributed by atoms with Crippen molar-refractivity contribution in [2.45, 2.75) is 23.6 Å². The van der Waals surface area contributed by atoms with Crippen molar-refractivity contribution in [2.75, 3.05) is 14.8 Å². The Morgan fingerprint density at radius 3 is 1.95 bits per heavy atom. The molecule has 3 N–H and O–H groups in total. The smallest absolute Gasteiger partial charge is 0.262 e. The van der Waals surface area contributed by atoms with Crippen molar-refractivity contribution in [3.63, 3.8) is 0 Å². The van der Waals surface area contributed by atoms with E-state index in [4.69, 9.17) is 0 Å². The Kier molecular flexibility index (Phi) is 7.33. The molecule has 0 aromatic heterocycles. The maximum absolute atomic E-state index is 13.1. The highest BCUT2D eigenvalue weighted by Gasteiger charge is 2.20. The molecule has 0 bridgehead atoms. The van der Waals surface area contributed by atoms with Gasteiger partial charge in [-0.15, -0.1) is 0 Å². The molecule has 0 fully saturated rings. The lowest BCUT2D eigenvalue weighted by Crippen LogP contribution is -2.17. The van der Waals surface area contributed by atoms with Crippen LogP contribution in [0.2, 0.25) is 0 Å². The zero-order valence-corrected chi connectivity index (χ0v) is 21.7. The van der Waals surface area contributed by atoms with Crippen molar-refractivity contribution in [1.82, 2.24) is 0 Å². The van der Waals surface area contributed by atoms with Gasteiger partial charge >= 0.3 is 0 Å². The summed E-state index contributed by atoms with van der Waals surface area (Å²) in [4.78, 5) is 12.9. The maximum atomic E-state index is 13.1. The summed E-state index contributed by atoms with van der Waals surface area (Å²) < 4.78 is 56.4. The fourth-order valence-corrected chi connectivity index (χ4v) is 6.02. The van der Waals surface area contributed by atoms with Crippen molar-refractivity contribution in [3.8, 4) is 0 Å². The number of sulfonamides is 2. The van der Waals surface area contributed by atoms with Gasteiger partial charge in [-0.2, -0.15) is 0 Å². The third kappa shape index (κ3) is 6.16. The van der Waals surface area contributed by atoms with Crippen LogP contribution in [0.3, 0.4) is 0 Å². The van der Waals surface area contributed by atoms with Crippen LogP contribution in [0.4, 0.5) is 17.1 Å². The van der Waals surface area contributed by atoms with Crippen molar-refractivity contribution in [2.24, 2.45) is 0 Å². The predicted molar refractivity (Wildman–Crippen MR) is 145 cm³/mol. The highest BCUT2D eigenvalue weighted by atomic mass is 32.2. The molecule has 0 radical (unpaired) electrons. The Morgan fingerprint density at radius 1 is 0.622 bits per heavy atom. The Bertz CT molecular complexity index is 1650. The fourth-order valence-electron chi connectivity index (χ4n) is 3.56. The van der Waals surface area contributed by atoms with Gasteiger partial charge in [0.05, 0.1) is 15.5 Å². The highest BCUT2D eigenvalue weighted by molar-refractivity contribution is 7.93. The first-order valence-electron chi connectivity index (χ1n) is 11.2. The number of benzene rings is 4. The van der Waals surface area contributed by atoms with Gasteiger partial charge in [-0.25, -0.2) is 16.8 Å². The van der Waals surface area contributed by atoms with E-state index >= 15 is 0 Å². The number of amides is 1. The number of carbonyl (C=O) groups excluding carboxylic acids is 1. The monoisotopic (exact) mass is 535 g/mol. The van der Waals surface area contributed by atoms with Crippen molar-refractivity contribution in [1.29, 1.82) is 0 Å². The molecule has 37 heavy (non-hydrogen) atoms. The van der Waals surface area contributed by atoms with E-state index in [9.17, 15) is 21.6 Å². The van der Waals surface area contributed by atoms with Crippen molar-refractivity contribution in [3.05, 3.63) is 114 Å². The Hall–Kier alpha value is -4.15. The number of nitrogens with one attached hydrogen (secondary N) is 3. The van der Waals surface area contributed by atoms with Gasteiger partial charge in [-0.1, -0.05) is 42.5 Å². The van der Waals surface area contributed by atoms with Gasteiger partial charge in [0.1, 0.15) is 0 Å². The molecule has 0 aliphatic heterocycles. The van der Waals surface area contributed by atoms with Crippen LogP contribution >= 0.6 is 0 Å². The Morgan fingerprint density at radius 2 is 1.27 bits per heavy atom. The number of para-hydroxylation sites is 2. The fraction of sp³-hybridized carbons (Fsp3) is 0.0741. The number of rotatable bonds is 8. The van der Waals surface area contributed by atoms with Gasteiger partial charge in [0, 0.05) is 16.9 Å². The zero-order chi connectivity index (χ0) is 26.6. The topological polar surface area (TPSA) is 121 Å². The van der Waals surface area contributed by atoms with Crippen LogP contribution in [0, 0.1) is 13.8 Å². The van der Waals surface area contributed by atoms with Gasteiger partial charge in [-0.05, 0) is 79.6 Å². The summed E-state index contributed by atoms with van der Waals surface area (Å²) in [6.45, 7) is 3.44. The second kappa shape index (κ2) is 10.5. The molecule has 4 rings (SSSR count). The molecule has 0 spiro atoms. The first-order chi connectivity index (χ1) is 17.5. The molecular formula is C27H25N3O5S2. The SMILES string of the molecule is Cc1ccccc1NS(=O)(=O)c1cc(C(=O)Nc2ccc(S(=O)(=O)Nc3ccccc3)cc2)ccc1C. The molecule has 10 heteroatoms. The average molecular weight is 536 g/mol. The van der Waals surface area contributed by atoms with Crippen LogP contribution in [0.25, 0.3) is 0 Å². The molecule has 0 saturated carbocycles. The van der Waals surface area contributed by atoms with E-state index < -0.39 is 26.0 Å². The van der Waals surface area contributed by atoms with E-state index in [2.05, 4.69) is 14.8 Å². The van der Waals surface area contributed by atoms with E-state index in [1.165, 1.54) is 36.4 Å². The maximum Gasteiger partial charge on any atom is 0.262 e. The molecule has 1 amide bonds. The molecule has 0 aliphatic carbocycles. The van der Waals surface area contributed by atoms with E-state index in [1.54, 1.807) is 68.4 Å². The molecule has 0 heterocycles. The Labute approximate surface area is 216 Å². The summed E-state index contributed by atoms with van der Waals surface area (Å²) in [7, 11) is -7.75. The zero-order valence-electron chi connectivity index (χ0n) is 20.1.